The third-order valence-electron chi connectivity index (χ3n) is 5.75. The van der Waals surface area contributed by atoms with Gasteiger partial charge in [-0.25, -0.2) is 0 Å². The van der Waals surface area contributed by atoms with Crippen molar-refractivity contribution in [2.24, 2.45) is 0 Å². The number of hydrogen-bond acceptors (Lipinski definition) is 2. The monoisotopic (exact) mass is 415 g/mol. The maximum Gasteiger partial charge on any atom is 0.107 e. The molecule has 146 valence electrons. The normalized spacial score (nSPS) is 15.2. The van der Waals surface area contributed by atoms with E-state index in [1.807, 2.05) is 18.3 Å². The van der Waals surface area contributed by atoms with Crippen LogP contribution in [0.4, 0.5) is 5.69 Å². The molecular formula is C22H25Cl2N4+. The number of hydrogen-bond donors (Lipinski definition) is 2. The molecule has 1 saturated heterocycles. The van der Waals surface area contributed by atoms with Crippen LogP contribution in [-0.4, -0.2) is 36.4 Å². The van der Waals surface area contributed by atoms with Crippen molar-refractivity contribution >= 4 is 28.9 Å². The van der Waals surface area contributed by atoms with E-state index in [1.54, 1.807) is 11.0 Å². The van der Waals surface area contributed by atoms with E-state index in [0.29, 0.717) is 10.0 Å². The van der Waals surface area contributed by atoms with Crippen LogP contribution in [0.2, 0.25) is 10.0 Å². The first-order chi connectivity index (χ1) is 13.5. The molecule has 1 aliphatic rings. The van der Waals surface area contributed by atoms with Gasteiger partial charge in [-0.05, 0) is 49.2 Å². The Balaban J connectivity index is 1.45. The summed E-state index contributed by atoms with van der Waals surface area (Å²) in [6.45, 7) is 9.67. The van der Waals surface area contributed by atoms with Gasteiger partial charge in [0, 0.05) is 16.3 Å². The number of halogens is 2. The fourth-order valence-corrected chi connectivity index (χ4v) is 4.46. The van der Waals surface area contributed by atoms with E-state index >= 15 is 0 Å². The molecule has 6 heteroatoms. The molecule has 2 aromatic carbocycles. The van der Waals surface area contributed by atoms with E-state index in [1.165, 1.54) is 22.4 Å². The average molecular weight is 416 g/mol. The third-order valence-corrected chi connectivity index (χ3v) is 6.29. The highest BCUT2D eigenvalue weighted by Crippen LogP contribution is 2.31. The molecule has 2 N–H and O–H groups in total. The van der Waals surface area contributed by atoms with Crippen LogP contribution in [-0.2, 0) is 6.54 Å². The molecule has 0 bridgehead atoms. The average Bonchev–Trinajstić information content (AvgIpc) is 3.13. The number of rotatable bonds is 4. The van der Waals surface area contributed by atoms with Crippen molar-refractivity contribution in [1.29, 1.82) is 0 Å². The van der Waals surface area contributed by atoms with Crippen LogP contribution < -0.4 is 9.80 Å². The lowest BCUT2D eigenvalue weighted by molar-refractivity contribution is -0.914. The van der Waals surface area contributed by atoms with Gasteiger partial charge < -0.3 is 9.80 Å². The van der Waals surface area contributed by atoms with Gasteiger partial charge in [-0.2, -0.15) is 5.10 Å². The molecule has 3 aromatic rings. The van der Waals surface area contributed by atoms with Crippen molar-refractivity contribution in [1.82, 2.24) is 10.2 Å². The smallest absolute Gasteiger partial charge is 0.107 e. The number of nitrogens with one attached hydrogen (secondary N) is 2. The number of quaternary nitrogens is 1. The molecule has 1 aromatic heterocycles. The molecule has 0 saturated carbocycles. The summed E-state index contributed by atoms with van der Waals surface area (Å²) in [7, 11) is 0. The predicted molar refractivity (Wildman–Crippen MR) is 117 cm³/mol. The van der Waals surface area contributed by atoms with Gasteiger partial charge in [0.1, 0.15) is 6.54 Å². The lowest BCUT2D eigenvalue weighted by Crippen LogP contribution is -3.13. The first kappa shape index (κ1) is 19.3. The number of aromatic amines is 1. The lowest BCUT2D eigenvalue weighted by Gasteiger charge is -2.34. The zero-order valence-electron chi connectivity index (χ0n) is 16.2. The number of nitrogens with zero attached hydrogens (tertiary/aromatic N) is 2. The molecule has 4 nitrogen and oxygen atoms in total. The van der Waals surface area contributed by atoms with Gasteiger partial charge in [-0.1, -0.05) is 35.3 Å². The molecule has 0 radical (unpaired) electrons. The fourth-order valence-electron chi connectivity index (χ4n) is 3.96. The maximum absolute atomic E-state index is 6.40. The Kier molecular flexibility index (Phi) is 5.63. The summed E-state index contributed by atoms with van der Waals surface area (Å²) in [4.78, 5) is 4.08. The van der Waals surface area contributed by atoms with Crippen molar-refractivity contribution < 1.29 is 4.90 Å². The number of aryl methyl sites for hydroxylation is 1. The van der Waals surface area contributed by atoms with Gasteiger partial charge in [0.15, 0.2) is 0 Å². The molecule has 1 fully saturated rings. The number of anilines is 1. The van der Waals surface area contributed by atoms with E-state index in [2.05, 4.69) is 47.1 Å². The second kappa shape index (κ2) is 8.16. The van der Waals surface area contributed by atoms with Gasteiger partial charge in [-0.3, -0.25) is 5.10 Å². The van der Waals surface area contributed by atoms with Crippen molar-refractivity contribution in [2.45, 2.75) is 20.4 Å². The predicted octanol–water partition coefficient (Wildman–Crippen LogP) is 3.91. The Labute approximate surface area is 176 Å². The van der Waals surface area contributed by atoms with Crippen molar-refractivity contribution in [2.75, 3.05) is 31.1 Å². The summed E-state index contributed by atoms with van der Waals surface area (Å²) in [5.74, 6) is 0. The summed E-state index contributed by atoms with van der Waals surface area (Å²) >= 11 is 12.4. The van der Waals surface area contributed by atoms with Crippen LogP contribution in [0.1, 0.15) is 16.7 Å². The van der Waals surface area contributed by atoms with Crippen LogP contribution in [0.3, 0.4) is 0 Å². The number of benzene rings is 2. The van der Waals surface area contributed by atoms with Gasteiger partial charge >= 0.3 is 0 Å². The highest BCUT2D eigenvalue weighted by molar-refractivity contribution is 6.36. The highest BCUT2D eigenvalue weighted by Gasteiger charge is 2.23. The standard InChI is InChI=1S/C22H24Cl2N4/c1-15-4-3-5-21(16(15)2)28-10-8-27(9-11-28)14-17-13-25-26-22(17)19-7-6-18(23)12-20(19)24/h3-7,12-13H,8-11,14H2,1-2H3,(H,25,26)/p+1. The first-order valence-corrected chi connectivity index (χ1v) is 10.4. The van der Waals surface area contributed by atoms with Gasteiger partial charge in [0.2, 0.25) is 0 Å². The van der Waals surface area contributed by atoms with Crippen LogP contribution in [0.5, 0.6) is 0 Å². The topological polar surface area (TPSA) is 36.4 Å². The van der Waals surface area contributed by atoms with E-state index in [-0.39, 0.29) is 0 Å². The maximum atomic E-state index is 6.40. The van der Waals surface area contributed by atoms with Crippen LogP contribution in [0.15, 0.2) is 42.6 Å². The second-order valence-corrected chi connectivity index (χ2v) is 8.37. The minimum atomic E-state index is 0.642. The quantitative estimate of drug-likeness (QED) is 0.677. The molecule has 0 amide bonds. The van der Waals surface area contributed by atoms with Gasteiger partial charge in [0.05, 0.1) is 48.7 Å². The van der Waals surface area contributed by atoms with Crippen LogP contribution in [0, 0.1) is 13.8 Å². The fraction of sp³-hybridized carbons (Fsp3) is 0.318. The molecule has 0 atom stereocenters. The Bertz CT molecular complexity index is 974. The molecule has 0 unspecified atom stereocenters. The van der Waals surface area contributed by atoms with Crippen molar-refractivity contribution in [3.05, 3.63) is 69.3 Å². The number of H-pyrrole nitrogens is 1. The van der Waals surface area contributed by atoms with E-state index in [0.717, 1.165) is 44.0 Å². The van der Waals surface area contributed by atoms with E-state index in [9.17, 15) is 0 Å². The zero-order chi connectivity index (χ0) is 19.7. The zero-order valence-corrected chi connectivity index (χ0v) is 17.7. The summed E-state index contributed by atoms with van der Waals surface area (Å²) < 4.78 is 0. The third kappa shape index (κ3) is 3.90. The summed E-state index contributed by atoms with van der Waals surface area (Å²) in [5.41, 5.74) is 7.25. The molecule has 1 aliphatic heterocycles. The van der Waals surface area contributed by atoms with Gasteiger partial charge in [-0.15, -0.1) is 0 Å². The minimum absolute atomic E-state index is 0.642. The lowest BCUT2D eigenvalue weighted by atomic mass is 10.1. The highest BCUT2D eigenvalue weighted by atomic mass is 35.5. The van der Waals surface area contributed by atoms with E-state index < -0.39 is 0 Å². The Morgan fingerprint density at radius 3 is 2.64 bits per heavy atom. The summed E-state index contributed by atoms with van der Waals surface area (Å²) in [5, 5.41) is 8.68. The van der Waals surface area contributed by atoms with Crippen molar-refractivity contribution in [3.8, 4) is 11.3 Å². The number of aromatic nitrogens is 2. The summed E-state index contributed by atoms with van der Waals surface area (Å²) in [6, 6.07) is 12.2. The summed E-state index contributed by atoms with van der Waals surface area (Å²) in [6.07, 6.45) is 1.92. The molecule has 0 aliphatic carbocycles. The number of piperazine rings is 1. The Morgan fingerprint density at radius 1 is 1.11 bits per heavy atom. The Hall–Kier alpha value is -2.01. The molecule has 4 rings (SSSR count). The molecule has 0 spiro atoms. The minimum Gasteiger partial charge on any atom is -0.360 e. The van der Waals surface area contributed by atoms with E-state index in [4.69, 9.17) is 23.2 Å². The second-order valence-electron chi connectivity index (χ2n) is 7.53. The molecular weight excluding hydrogens is 391 g/mol. The Morgan fingerprint density at radius 2 is 1.89 bits per heavy atom. The first-order valence-electron chi connectivity index (χ1n) is 9.65. The molecule has 28 heavy (non-hydrogen) atoms. The largest absolute Gasteiger partial charge is 0.360 e. The van der Waals surface area contributed by atoms with Gasteiger partial charge in [0.25, 0.3) is 0 Å². The molecule has 2 heterocycles. The van der Waals surface area contributed by atoms with Crippen molar-refractivity contribution in [3.63, 3.8) is 0 Å². The van der Waals surface area contributed by atoms with Crippen LogP contribution >= 0.6 is 23.2 Å². The van der Waals surface area contributed by atoms with Crippen LogP contribution in [0.25, 0.3) is 11.3 Å². The SMILES string of the molecule is Cc1cccc(N2CC[NH+](Cc3cn[nH]c3-c3ccc(Cl)cc3Cl)CC2)c1C.